The molecule has 0 spiro atoms. The summed E-state index contributed by atoms with van der Waals surface area (Å²) in [4.78, 5) is 23.0. The number of piperidine rings is 1. The van der Waals surface area contributed by atoms with Gasteiger partial charge in [0, 0.05) is 19.1 Å². The van der Waals surface area contributed by atoms with Gasteiger partial charge in [-0.1, -0.05) is 0 Å². The van der Waals surface area contributed by atoms with Crippen LogP contribution < -0.4 is 10.1 Å². The Hall–Kier alpha value is -2.81. The Balaban J connectivity index is 0.000000194. The number of urea groups is 1. The zero-order chi connectivity index (χ0) is 23.8. The molecule has 0 radical (unpaired) electrons. The second-order valence-electron chi connectivity index (χ2n) is 7.84. The van der Waals surface area contributed by atoms with Crippen molar-refractivity contribution in [2.24, 2.45) is 10.4 Å². The molecule has 4 rings (SSSR count). The van der Waals surface area contributed by atoms with Gasteiger partial charge in [0.25, 0.3) is 0 Å². The van der Waals surface area contributed by atoms with E-state index in [0.29, 0.717) is 32.2 Å². The number of amides is 2. The SMILES string of the molecule is CN(N=O)/N=C/c1ccc(OCC2CCCN2)cc1.O=C1N2CCCC(C2)N1OS(=O)(=O)O. The van der Waals surface area contributed by atoms with Crippen molar-refractivity contribution in [3.8, 4) is 5.75 Å². The van der Waals surface area contributed by atoms with Crippen LogP contribution in [0.1, 0.15) is 31.2 Å². The van der Waals surface area contributed by atoms with Crippen LogP contribution in [0, 0.1) is 4.91 Å². The minimum Gasteiger partial charge on any atom is -0.492 e. The number of hydrazone groups is 1. The summed E-state index contributed by atoms with van der Waals surface area (Å²) in [5.74, 6) is 0.840. The van der Waals surface area contributed by atoms with Crippen LogP contribution in [0.5, 0.6) is 5.75 Å². The number of hydrogen-bond donors (Lipinski definition) is 2. The van der Waals surface area contributed by atoms with Crippen LogP contribution in [0.25, 0.3) is 0 Å². The highest BCUT2D eigenvalue weighted by molar-refractivity contribution is 7.80. The molecular formula is C19H28N6O7S. The lowest BCUT2D eigenvalue weighted by molar-refractivity contribution is -0.0316. The van der Waals surface area contributed by atoms with E-state index in [2.05, 4.69) is 20.0 Å². The number of hydroxylamine groups is 2. The van der Waals surface area contributed by atoms with Gasteiger partial charge in [-0.25, -0.2) is 4.79 Å². The summed E-state index contributed by atoms with van der Waals surface area (Å²) in [6.45, 7) is 2.86. The van der Waals surface area contributed by atoms with Gasteiger partial charge in [0.2, 0.25) is 0 Å². The molecule has 3 fully saturated rings. The van der Waals surface area contributed by atoms with Crippen LogP contribution in [-0.4, -0.2) is 85.7 Å². The maximum absolute atomic E-state index is 11.4. The van der Waals surface area contributed by atoms with E-state index in [9.17, 15) is 18.1 Å². The fourth-order valence-electron chi connectivity index (χ4n) is 3.73. The van der Waals surface area contributed by atoms with Gasteiger partial charge < -0.3 is 15.0 Å². The van der Waals surface area contributed by atoms with Crippen molar-refractivity contribution in [3.05, 3.63) is 34.7 Å². The second-order valence-corrected chi connectivity index (χ2v) is 8.85. The Bertz CT molecular complexity index is 936. The minimum atomic E-state index is -4.60. The first-order valence-electron chi connectivity index (χ1n) is 10.6. The molecule has 2 bridgehead atoms. The minimum absolute atomic E-state index is 0.266. The lowest BCUT2D eigenvalue weighted by Crippen LogP contribution is -2.35. The van der Waals surface area contributed by atoms with Gasteiger partial charge in [0.05, 0.1) is 24.6 Å². The predicted octanol–water partition coefficient (Wildman–Crippen LogP) is 1.39. The number of carbonyl (C=O) groups excluding carboxylic acids is 1. The van der Waals surface area contributed by atoms with E-state index in [0.717, 1.165) is 34.5 Å². The van der Waals surface area contributed by atoms with Crippen molar-refractivity contribution in [1.29, 1.82) is 0 Å². The highest BCUT2D eigenvalue weighted by Gasteiger charge is 2.42. The topological polar surface area (TPSA) is 153 Å². The van der Waals surface area contributed by atoms with Crippen LogP contribution >= 0.6 is 0 Å². The van der Waals surface area contributed by atoms with Crippen molar-refractivity contribution in [2.45, 2.75) is 37.8 Å². The Morgan fingerprint density at radius 3 is 2.64 bits per heavy atom. The Morgan fingerprint density at radius 2 is 2.03 bits per heavy atom. The van der Waals surface area contributed by atoms with Crippen molar-refractivity contribution < 1.29 is 26.8 Å². The van der Waals surface area contributed by atoms with E-state index in [4.69, 9.17) is 9.29 Å². The lowest BCUT2D eigenvalue weighted by Gasteiger charge is -2.20. The van der Waals surface area contributed by atoms with Gasteiger partial charge in [-0.05, 0) is 62.1 Å². The number of fused-ring (bicyclic) bond motifs is 2. The molecule has 182 valence electrons. The van der Waals surface area contributed by atoms with E-state index in [1.165, 1.54) is 24.8 Å². The van der Waals surface area contributed by atoms with Crippen molar-refractivity contribution in [2.75, 3.05) is 33.3 Å². The average molecular weight is 485 g/mol. The van der Waals surface area contributed by atoms with Crippen LogP contribution in [0.3, 0.4) is 0 Å². The molecule has 14 heteroatoms. The van der Waals surface area contributed by atoms with Crippen LogP contribution in [0.2, 0.25) is 0 Å². The standard InChI is InChI=1S/C13H18N4O2.C6H10N2O5S/c1-17(16-18)15-9-11-4-6-13(7-5-11)19-10-12-3-2-8-14-12;9-6-7-3-1-2-5(4-7)8(6)13-14(10,11)12/h4-7,9,12,14H,2-3,8,10H2,1H3;5H,1-4H2,(H,10,11,12)/b15-9+;. The largest absolute Gasteiger partial charge is 0.492 e. The molecule has 0 aromatic heterocycles. The Kier molecular flexibility index (Phi) is 8.55. The second kappa shape index (κ2) is 11.4. The van der Waals surface area contributed by atoms with Crippen LogP contribution in [0.15, 0.2) is 34.7 Å². The van der Waals surface area contributed by atoms with Crippen LogP contribution in [0.4, 0.5) is 4.79 Å². The maximum Gasteiger partial charge on any atom is 0.418 e. The molecule has 33 heavy (non-hydrogen) atoms. The predicted molar refractivity (Wildman–Crippen MR) is 119 cm³/mol. The number of carbonyl (C=O) groups is 1. The van der Waals surface area contributed by atoms with Crippen molar-refractivity contribution in [3.63, 3.8) is 0 Å². The third-order valence-corrected chi connectivity index (χ3v) is 5.70. The molecule has 3 saturated heterocycles. The number of hydrogen-bond acceptors (Lipinski definition) is 9. The molecule has 1 aromatic rings. The maximum atomic E-state index is 11.4. The Labute approximate surface area is 192 Å². The van der Waals surface area contributed by atoms with E-state index in [1.807, 2.05) is 24.3 Å². The van der Waals surface area contributed by atoms with Gasteiger partial charge >= 0.3 is 16.4 Å². The molecule has 2 unspecified atom stereocenters. The number of nitroso groups, excluding NO2 is 1. The zero-order valence-electron chi connectivity index (χ0n) is 18.2. The molecule has 2 amide bonds. The molecule has 0 saturated carbocycles. The molecular weight excluding hydrogens is 456 g/mol. The highest BCUT2D eigenvalue weighted by atomic mass is 32.3. The molecule has 3 heterocycles. The molecule has 13 nitrogen and oxygen atoms in total. The molecule has 2 N–H and O–H groups in total. The van der Waals surface area contributed by atoms with E-state index in [-0.39, 0.29) is 6.04 Å². The summed E-state index contributed by atoms with van der Waals surface area (Å²) in [5.41, 5.74) is 0.891. The summed E-state index contributed by atoms with van der Waals surface area (Å²) < 4.78 is 39.2. The first-order valence-corrected chi connectivity index (χ1v) is 11.9. The molecule has 0 aliphatic carbocycles. The summed E-state index contributed by atoms with van der Waals surface area (Å²) in [6.07, 6.45) is 5.49. The molecule has 2 atom stereocenters. The van der Waals surface area contributed by atoms with Gasteiger partial charge in [0.15, 0.2) is 0 Å². The lowest BCUT2D eigenvalue weighted by atomic mass is 10.1. The molecule has 1 aromatic carbocycles. The summed E-state index contributed by atoms with van der Waals surface area (Å²) in [6, 6.07) is 7.27. The number of nitrogens with zero attached hydrogens (tertiary/aromatic N) is 5. The summed E-state index contributed by atoms with van der Waals surface area (Å²) in [5, 5.41) is 11.6. The van der Waals surface area contributed by atoms with Gasteiger partial charge in [-0.3, -0.25) is 4.55 Å². The third kappa shape index (κ3) is 7.63. The first-order chi connectivity index (χ1) is 15.7. The normalized spacial score (nSPS) is 22.3. The molecule has 3 aliphatic heterocycles. The average Bonchev–Trinajstić information content (AvgIpc) is 3.39. The zero-order valence-corrected chi connectivity index (χ0v) is 19.1. The summed E-state index contributed by atoms with van der Waals surface area (Å²) >= 11 is 0. The van der Waals surface area contributed by atoms with Gasteiger partial charge in [-0.15, -0.1) is 9.19 Å². The monoisotopic (exact) mass is 484 g/mol. The summed E-state index contributed by atoms with van der Waals surface area (Å²) in [7, 11) is -3.12. The third-order valence-electron chi connectivity index (χ3n) is 5.35. The smallest absolute Gasteiger partial charge is 0.418 e. The Morgan fingerprint density at radius 1 is 1.27 bits per heavy atom. The van der Waals surface area contributed by atoms with E-state index >= 15 is 0 Å². The number of nitrogens with one attached hydrogen (secondary N) is 1. The highest BCUT2D eigenvalue weighted by Crippen LogP contribution is 2.26. The quantitative estimate of drug-likeness (QED) is 0.241. The fourth-order valence-corrected chi connectivity index (χ4v) is 4.12. The van der Waals surface area contributed by atoms with Gasteiger partial charge in [-0.2, -0.15) is 23.7 Å². The number of ether oxygens (including phenoxy) is 1. The fraction of sp³-hybridized carbons (Fsp3) is 0.579. The van der Waals surface area contributed by atoms with E-state index < -0.39 is 16.4 Å². The number of rotatable bonds is 8. The van der Waals surface area contributed by atoms with Gasteiger partial charge in [0.1, 0.15) is 12.4 Å². The number of benzene rings is 1. The molecule has 3 aliphatic rings. The van der Waals surface area contributed by atoms with Crippen LogP contribution in [-0.2, 0) is 14.7 Å². The van der Waals surface area contributed by atoms with Crippen molar-refractivity contribution >= 4 is 22.6 Å². The van der Waals surface area contributed by atoms with Crippen molar-refractivity contribution in [1.82, 2.24) is 20.4 Å². The first kappa shape index (κ1) is 24.8. The van der Waals surface area contributed by atoms with E-state index in [1.54, 1.807) is 6.21 Å².